The molecule has 0 aromatic carbocycles. The Labute approximate surface area is 122 Å². The lowest BCUT2D eigenvalue weighted by Crippen LogP contribution is -2.39. The van der Waals surface area contributed by atoms with Crippen LogP contribution in [0, 0.1) is 6.92 Å². The zero-order chi connectivity index (χ0) is 14.5. The number of aromatic nitrogens is 1. The second kappa shape index (κ2) is 7.04. The van der Waals surface area contributed by atoms with Gasteiger partial charge in [0.25, 0.3) is 0 Å². The van der Waals surface area contributed by atoms with Crippen LogP contribution in [-0.2, 0) is 11.3 Å². The summed E-state index contributed by atoms with van der Waals surface area (Å²) in [5, 5.41) is 3.44. The highest BCUT2D eigenvalue weighted by Crippen LogP contribution is 2.20. The van der Waals surface area contributed by atoms with Crippen LogP contribution in [0.15, 0.2) is 12.1 Å². The molecule has 0 radical (unpaired) electrons. The maximum Gasteiger partial charge on any atom is 0.128 e. The number of anilines is 1. The average Bonchev–Trinajstić information content (AvgIpc) is 2.46. The quantitative estimate of drug-likeness (QED) is 0.897. The number of hydrogen-bond donors (Lipinski definition) is 1. The van der Waals surface area contributed by atoms with E-state index in [1.165, 1.54) is 12.0 Å². The Kier molecular flexibility index (Phi) is 5.38. The number of nitrogens with one attached hydrogen (secondary N) is 1. The van der Waals surface area contributed by atoms with Crippen molar-refractivity contribution in [3.63, 3.8) is 0 Å². The van der Waals surface area contributed by atoms with Crippen LogP contribution in [0.3, 0.4) is 0 Å². The molecule has 4 heteroatoms. The van der Waals surface area contributed by atoms with Gasteiger partial charge in [0, 0.05) is 38.5 Å². The van der Waals surface area contributed by atoms with Gasteiger partial charge in [-0.3, -0.25) is 0 Å². The largest absolute Gasteiger partial charge is 0.380 e. The van der Waals surface area contributed by atoms with Crippen molar-refractivity contribution in [1.82, 2.24) is 10.3 Å². The van der Waals surface area contributed by atoms with E-state index in [4.69, 9.17) is 9.72 Å². The number of hydrogen-bond acceptors (Lipinski definition) is 4. The molecule has 1 aliphatic rings. The highest BCUT2D eigenvalue weighted by molar-refractivity contribution is 5.42. The van der Waals surface area contributed by atoms with Crippen molar-refractivity contribution in [2.24, 2.45) is 0 Å². The highest BCUT2D eigenvalue weighted by Gasteiger charge is 2.20. The van der Waals surface area contributed by atoms with Crippen LogP contribution in [-0.4, -0.2) is 37.3 Å². The summed E-state index contributed by atoms with van der Waals surface area (Å²) in [6, 6.07) is 4.84. The Bertz CT molecular complexity index is 434. The summed E-state index contributed by atoms with van der Waals surface area (Å²) in [4.78, 5) is 7.11. The van der Waals surface area contributed by atoms with Crippen molar-refractivity contribution in [3.8, 4) is 0 Å². The first-order chi connectivity index (χ1) is 9.60. The van der Waals surface area contributed by atoms with Crippen molar-refractivity contribution in [2.75, 3.05) is 25.1 Å². The van der Waals surface area contributed by atoms with E-state index in [0.717, 1.165) is 37.6 Å². The Hall–Kier alpha value is -1.13. The number of methoxy groups -OCH3 is 1. The van der Waals surface area contributed by atoms with Crippen LogP contribution in [0.4, 0.5) is 5.82 Å². The third-order valence-electron chi connectivity index (χ3n) is 3.92. The Morgan fingerprint density at radius 1 is 1.45 bits per heavy atom. The smallest absolute Gasteiger partial charge is 0.128 e. The second-order valence-corrected chi connectivity index (χ2v) is 5.90. The van der Waals surface area contributed by atoms with Crippen molar-refractivity contribution in [2.45, 2.75) is 52.3 Å². The van der Waals surface area contributed by atoms with Crippen LogP contribution >= 0.6 is 0 Å². The standard InChI is InChI=1S/C16H27N3O/c1-12(2)17-10-14-7-8-16(18-13(14)3)19-9-5-6-15(11-19)20-4/h7-8,12,15,17H,5-6,9-11H2,1-4H3. The van der Waals surface area contributed by atoms with E-state index < -0.39 is 0 Å². The number of pyridine rings is 1. The van der Waals surface area contributed by atoms with Gasteiger partial charge < -0.3 is 15.0 Å². The molecule has 0 bridgehead atoms. The lowest BCUT2D eigenvalue weighted by atomic mass is 10.1. The van der Waals surface area contributed by atoms with Gasteiger partial charge in [0.15, 0.2) is 0 Å². The first-order valence-corrected chi connectivity index (χ1v) is 7.57. The fraction of sp³-hybridized carbons (Fsp3) is 0.688. The van der Waals surface area contributed by atoms with Crippen molar-refractivity contribution >= 4 is 5.82 Å². The molecule has 0 amide bonds. The first-order valence-electron chi connectivity index (χ1n) is 7.57. The SMILES string of the molecule is COC1CCCN(c2ccc(CNC(C)C)c(C)n2)C1. The monoisotopic (exact) mass is 277 g/mol. The van der Waals surface area contributed by atoms with Crippen LogP contribution in [0.5, 0.6) is 0 Å². The summed E-state index contributed by atoms with van der Waals surface area (Å²) in [7, 11) is 1.80. The van der Waals surface area contributed by atoms with E-state index in [9.17, 15) is 0 Å². The molecule has 0 aliphatic carbocycles. The van der Waals surface area contributed by atoms with Crippen molar-refractivity contribution in [1.29, 1.82) is 0 Å². The van der Waals surface area contributed by atoms with Gasteiger partial charge in [0.05, 0.1) is 6.10 Å². The van der Waals surface area contributed by atoms with Crippen LogP contribution in [0.25, 0.3) is 0 Å². The topological polar surface area (TPSA) is 37.4 Å². The lowest BCUT2D eigenvalue weighted by molar-refractivity contribution is 0.0891. The molecule has 2 heterocycles. The van der Waals surface area contributed by atoms with E-state index in [1.54, 1.807) is 7.11 Å². The minimum atomic E-state index is 0.341. The Morgan fingerprint density at radius 3 is 2.90 bits per heavy atom. The number of ether oxygens (including phenoxy) is 1. The summed E-state index contributed by atoms with van der Waals surface area (Å²) >= 11 is 0. The van der Waals surface area contributed by atoms with Crippen LogP contribution in [0.2, 0.25) is 0 Å². The van der Waals surface area contributed by atoms with Gasteiger partial charge in [-0.1, -0.05) is 19.9 Å². The molecule has 4 nitrogen and oxygen atoms in total. The molecule has 0 spiro atoms. The number of aryl methyl sites for hydroxylation is 1. The van der Waals surface area contributed by atoms with Gasteiger partial charge in [0.2, 0.25) is 0 Å². The summed E-state index contributed by atoms with van der Waals surface area (Å²) in [6.45, 7) is 9.34. The molecule has 1 fully saturated rings. The third-order valence-corrected chi connectivity index (χ3v) is 3.92. The molecule has 1 unspecified atom stereocenters. The minimum absolute atomic E-state index is 0.341. The Balaban J connectivity index is 2.04. The molecule has 1 saturated heterocycles. The molecular formula is C16H27N3O. The molecule has 20 heavy (non-hydrogen) atoms. The van der Waals surface area contributed by atoms with Crippen LogP contribution in [0.1, 0.15) is 37.9 Å². The molecule has 0 saturated carbocycles. The highest BCUT2D eigenvalue weighted by atomic mass is 16.5. The fourth-order valence-electron chi connectivity index (χ4n) is 2.59. The zero-order valence-corrected chi connectivity index (χ0v) is 13.1. The van der Waals surface area contributed by atoms with Gasteiger partial charge in [-0.25, -0.2) is 4.98 Å². The molecule has 1 N–H and O–H groups in total. The molecular weight excluding hydrogens is 250 g/mol. The molecule has 2 rings (SSSR count). The zero-order valence-electron chi connectivity index (χ0n) is 13.1. The normalized spacial score (nSPS) is 19.6. The summed E-state index contributed by atoms with van der Waals surface area (Å²) in [5.74, 6) is 1.08. The molecule has 1 aromatic rings. The van der Waals surface area contributed by atoms with Gasteiger partial charge in [0.1, 0.15) is 5.82 Å². The van der Waals surface area contributed by atoms with Crippen LogP contribution < -0.4 is 10.2 Å². The average molecular weight is 277 g/mol. The van der Waals surface area contributed by atoms with E-state index >= 15 is 0 Å². The van der Waals surface area contributed by atoms with E-state index in [-0.39, 0.29) is 0 Å². The predicted molar refractivity (Wildman–Crippen MR) is 83.2 cm³/mol. The van der Waals surface area contributed by atoms with Gasteiger partial charge in [-0.05, 0) is 31.4 Å². The van der Waals surface area contributed by atoms with Gasteiger partial charge in [-0.2, -0.15) is 0 Å². The first kappa shape index (κ1) is 15.3. The summed E-state index contributed by atoms with van der Waals surface area (Å²) in [6.07, 6.45) is 2.67. The lowest BCUT2D eigenvalue weighted by Gasteiger charge is -2.33. The van der Waals surface area contributed by atoms with E-state index in [2.05, 4.69) is 43.1 Å². The van der Waals surface area contributed by atoms with Gasteiger partial charge in [-0.15, -0.1) is 0 Å². The second-order valence-electron chi connectivity index (χ2n) is 5.90. The van der Waals surface area contributed by atoms with Crippen molar-refractivity contribution in [3.05, 3.63) is 23.4 Å². The minimum Gasteiger partial charge on any atom is -0.380 e. The van der Waals surface area contributed by atoms with Gasteiger partial charge >= 0.3 is 0 Å². The fourth-order valence-corrected chi connectivity index (χ4v) is 2.59. The van der Waals surface area contributed by atoms with E-state index in [0.29, 0.717) is 12.1 Å². The number of piperidine rings is 1. The maximum absolute atomic E-state index is 5.48. The summed E-state index contributed by atoms with van der Waals surface area (Å²) in [5.41, 5.74) is 2.40. The maximum atomic E-state index is 5.48. The predicted octanol–water partition coefficient (Wildman–Crippen LogP) is 2.50. The molecule has 1 aromatic heterocycles. The Morgan fingerprint density at radius 2 is 2.25 bits per heavy atom. The molecule has 112 valence electrons. The number of nitrogens with zero attached hydrogens (tertiary/aromatic N) is 2. The molecule has 1 aliphatic heterocycles. The summed E-state index contributed by atoms with van der Waals surface area (Å²) < 4.78 is 5.48. The van der Waals surface area contributed by atoms with Crippen molar-refractivity contribution < 1.29 is 4.74 Å². The van der Waals surface area contributed by atoms with E-state index in [1.807, 2.05) is 0 Å². The molecule has 1 atom stereocenters. The number of rotatable bonds is 5. The third kappa shape index (κ3) is 3.93.